The molecule has 12 aromatic rings. The fourth-order valence-corrected chi connectivity index (χ4v) is 11.5. The smallest absolute Gasteiger partial charge is 0.0640 e. The molecule has 0 fully saturated rings. The van der Waals surface area contributed by atoms with Gasteiger partial charge in [0.05, 0.1) is 10.4 Å². The van der Waals surface area contributed by atoms with Gasteiger partial charge in [0.2, 0.25) is 0 Å². The van der Waals surface area contributed by atoms with Gasteiger partial charge < -0.3 is 4.90 Å². The van der Waals surface area contributed by atoms with Crippen molar-refractivity contribution in [2.45, 2.75) is 0 Å². The van der Waals surface area contributed by atoms with Gasteiger partial charge in [-0.25, -0.2) is 0 Å². The van der Waals surface area contributed by atoms with Crippen LogP contribution in [0, 0.1) is 0 Å². The monoisotopic (exact) mass is 811 g/mol. The van der Waals surface area contributed by atoms with Crippen LogP contribution in [0.1, 0.15) is 0 Å². The molecular weight excluding hydrogens is 775 g/mol. The summed E-state index contributed by atoms with van der Waals surface area (Å²) in [6.07, 6.45) is 0. The molecule has 0 bridgehead atoms. The topological polar surface area (TPSA) is 3.24 Å². The van der Waals surface area contributed by atoms with Gasteiger partial charge in [0.25, 0.3) is 0 Å². The summed E-state index contributed by atoms with van der Waals surface area (Å²) in [4.78, 5) is 2.45. The number of benzene rings is 10. The number of rotatable bonds is 7. The molecular formula is C58H37NS2. The average molecular weight is 812 g/mol. The second-order valence-corrected chi connectivity index (χ2v) is 17.8. The quantitative estimate of drug-likeness (QED) is 0.155. The van der Waals surface area contributed by atoms with Gasteiger partial charge in [0.1, 0.15) is 0 Å². The van der Waals surface area contributed by atoms with Crippen molar-refractivity contribution in [2.24, 2.45) is 0 Å². The number of nitrogens with zero attached hydrogens (tertiary/aromatic N) is 1. The molecule has 1 nitrogen and oxygen atoms in total. The van der Waals surface area contributed by atoms with Crippen molar-refractivity contribution in [1.29, 1.82) is 0 Å². The van der Waals surface area contributed by atoms with E-state index in [1.807, 2.05) is 22.7 Å². The van der Waals surface area contributed by atoms with Gasteiger partial charge in [-0.3, -0.25) is 0 Å². The van der Waals surface area contributed by atoms with Crippen LogP contribution < -0.4 is 4.90 Å². The molecule has 12 rings (SSSR count). The Morgan fingerprint density at radius 3 is 1.46 bits per heavy atom. The lowest BCUT2D eigenvalue weighted by molar-refractivity contribution is 1.30. The number of hydrogen-bond donors (Lipinski definition) is 0. The zero-order chi connectivity index (χ0) is 40.3. The van der Waals surface area contributed by atoms with Crippen LogP contribution in [-0.2, 0) is 0 Å². The average Bonchev–Trinajstić information content (AvgIpc) is 3.92. The number of anilines is 3. The number of hydrogen-bond acceptors (Lipinski definition) is 3. The van der Waals surface area contributed by atoms with Crippen molar-refractivity contribution >= 4 is 90.9 Å². The van der Waals surface area contributed by atoms with Crippen molar-refractivity contribution in [3.63, 3.8) is 0 Å². The molecule has 0 atom stereocenters. The van der Waals surface area contributed by atoms with E-state index in [4.69, 9.17) is 0 Å². The Balaban J connectivity index is 0.987. The molecule has 0 saturated carbocycles. The van der Waals surface area contributed by atoms with E-state index in [-0.39, 0.29) is 0 Å². The Hall–Kier alpha value is -7.30. The second kappa shape index (κ2) is 14.8. The summed E-state index contributed by atoms with van der Waals surface area (Å²) in [5.41, 5.74) is 13.2. The third-order valence-corrected chi connectivity index (χ3v) is 14.5. The summed E-state index contributed by atoms with van der Waals surface area (Å²) in [7, 11) is 0. The van der Waals surface area contributed by atoms with Gasteiger partial charge in [-0.1, -0.05) is 170 Å². The first-order valence-corrected chi connectivity index (χ1v) is 22.4. The van der Waals surface area contributed by atoms with E-state index < -0.39 is 0 Å². The third kappa shape index (κ3) is 6.21. The summed E-state index contributed by atoms with van der Waals surface area (Å²) >= 11 is 3.76. The van der Waals surface area contributed by atoms with Crippen molar-refractivity contribution < 1.29 is 0 Å². The van der Waals surface area contributed by atoms with Crippen molar-refractivity contribution in [2.75, 3.05) is 4.90 Å². The maximum absolute atomic E-state index is 2.45. The van der Waals surface area contributed by atoms with Crippen molar-refractivity contribution in [1.82, 2.24) is 0 Å². The lowest BCUT2D eigenvalue weighted by Gasteiger charge is -2.27. The second-order valence-electron chi connectivity index (χ2n) is 15.7. The fourth-order valence-electron chi connectivity index (χ4n) is 9.08. The van der Waals surface area contributed by atoms with Crippen LogP contribution >= 0.6 is 22.7 Å². The molecule has 0 spiro atoms. The van der Waals surface area contributed by atoms with E-state index in [0.29, 0.717) is 0 Å². The standard InChI is InChI=1S/C58H37NS2/c1-3-12-38(13-4-1)42-22-24-45-37-43(23-25-44(45)36-42)39-26-30-46(31-27-39)59(47-32-28-41(29-33-47)49-18-11-19-51-50-16-7-9-20-54(50)60-57(49)51)53-35-34-48(40-14-5-2-6-15-40)56-52-17-8-10-21-55(52)61-58(53)56/h1-37H. The molecule has 3 heteroatoms. The minimum absolute atomic E-state index is 1.11. The molecule has 0 N–H and O–H groups in total. The Kier molecular flexibility index (Phi) is 8.62. The first-order valence-electron chi connectivity index (χ1n) is 20.7. The molecule has 0 saturated heterocycles. The van der Waals surface area contributed by atoms with E-state index in [0.717, 1.165) is 11.4 Å². The summed E-state index contributed by atoms with van der Waals surface area (Å²) in [5, 5.41) is 7.70. The maximum Gasteiger partial charge on any atom is 0.0640 e. The highest BCUT2D eigenvalue weighted by Gasteiger charge is 2.21. The number of fused-ring (bicyclic) bond motifs is 7. The van der Waals surface area contributed by atoms with Crippen LogP contribution in [0.25, 0.3) is 95.6 Å². The third-order valence-electron chi connectivity index (χ3n) is 12.1. The predicted octanol–water partition coefficient (Wildman–Crippen LogP) is 17.7. The molecule has 286 valence electrons. The van der Waals surface area contributed by atoms with Crippen LogP contribution in [0.3, 0.4) is 0 Å². The molecule has 2 heterocycles. The molecule has 0 aliphatic carbocycles. The van der Waals surface area contributed by atoms with E-state index in [9.17, 15) is 0 Å². The van der Waals surface area contributed by atoms with Gasteiger partial charge in [-0.2, -0.15) is 0 Å². The van der Waals surface area contributed by atoms with Crippen LogP contribution in [0.4, 0.5) is 17.1 Å². The van der Waals surface area contributed by atoms with Crippen LogP contribution in [0.2, 0.25) is 0 Å². The van der Waals surface area contributed by atoms with E-state index in [2.05, 4.69) is 229 Å². The highest BCUT2D eigenvalue weighted by atomic mass is 32.1. The minimum atomic E-state index is 1.11. The summed E-state index contributed by atoms with van der Waals surface area (Å²) < 4.78 is 5.22. The van der Waals surface area contributed by atoms with Gasteiger partial charge in [0.15, 0.2) is 0 Å². The largest absolute Gasteiger partial charge is 0.309 e. The highest BCUT2D eigenvalue weighted by molar-refractivity contribution is 7.26. The normalized spacial score (nSPS) is 11.6. The Bertz CT molecular complexity index is 3560. The zero-order valence-electron chi connectivity index (χ0n) is 33.1. The molecule has 2 aromatic heterocycles. The summed E-state index contributed by atoms with van der Waals surface area (Å²) in [5.74, 6) is 0. The highest BCUT2D eigenvalue weighted by Crippen LogP contribution is 2.49. The first-order chi connectivity index (χ1) is 30.2. The van der Waals surface area contributed by atoms with Crippen LogP contribution in [-0.4, -0.2) is 0 Å². The Morgan fingerprint density at radius 1 is 0.295 bits per heavy atom. The molecule has 0 amide bonds. The van der Waals surface area contributed by atoms with Gasteiger partial charge >= 0.3 is 0 Å². The zero-order valence-corrected chi connectivity index (χ0v) is 34.8. The summed E-state index contributed by atoms with van der Waals surface area (Å²) in [6, 6.07) is 82.3. The van der Waals surface area contributed by atoms with E-state index >= 15 is 0 Å². The summed E-state index contributed by atoms with van der Waals surface area (Å²) in [6.45, 7) is 0. The van der Waals surface area contributed by atoms with Crippen LogP contribution in [0.5, 0.6) is 0 Å². The van der Waals surface area contributed by atoms with E-state index in [1.54, 1.807) is 0 Å². The molecule has 0 aliphatic heterocycles. The predicted molar refractivity (Wildman–Crippen MR) is 266 cm³/mol. The Labute approximate surface area is 362 Å². The minimum Gasteiger partial charge on any atom is -0.309 e. The molecule has 0 radical (unpaired) electrons. The van der Waals surface area contributed by atoms with Crippen LogP contribution in [0.15, 0.2) is 224 Å². The van der Waals surface area contributed by atoms with E-state index in [1.165, 1.54) is 101 Å². The lowest BCUT2D eigenvalue weighted by Crippen LogP contribution is -2.10. The van der Waals surface area contributed by atoms with Gasteiger partial charge in [0, 0.05) is 47.0 Å². The van der Waals surface area contributed by atoms with Gasteiger partial charge in [-0.15, -0.1) is 22.7 Å². The first kappa shape index (κ1) is 35.6. The molecule has 0 aliphatic rings. The number of thiophene rings is 2. The molecule has 61 heavy (non-hydrogen) atoms. The molecule has 10 aromatic carbocycles. The SMILES string of the molecule is c1ccc(-c2ccc3cc(-c4ccc(N(c5ccc(-c6cccc7c6sc6ccccc67)cc5)c5ccc(-c6ccccc6)c6c5sc5ccccc56)cc4)ccc3c2)cc1. The Morgan fingerprint density at radius 2 is 0.787 bits per heavy atom. The molecule has 0 unspecified atom stereocenters. The van der Waals surface area contributed by atoms with Crippen molar-refractivity contribution in [3.8, 4) is 44.5 Å². The maximum atomic E-state index is 2.45. The lowest BCUT2D eigenvalue weighted by atomic mass is 9.97. The fraction of sp³-hybridized carbons (Fsp3) is 0. The van der Waals surface area contributed by atoms with Gasteiger partial charge in [-0.05, 0) is 110 Å². The van der Waals surface area contributed by atoms with Crippen molar-refractivity contribution in [3.05, 3.63) is 224 Å².